The Morgan fingerprint density at radius 2 is 1.53 bits per heavy atom. The van der Waals surface area contributed by atoms with Crippen molar-refractivity contribution in [3.63, 3.8) is 0 Å². The lowest BCUT2D eigenvalue weighted by molar-refractivity contribution is 0.108. The van der Waals surface area contributed by atoms with Gasteiger partial charge in [0.05, 0.1) is 0 Å². The van der Waals surface area contributed by atoms with Crippen LogP contribution in [-0.2, 0) is 0 Å². The SMILES string of the molecule is CC(C)(C)NN.Cc1cc(C)cc(C(=O)Cl)c1. The number of hydrogen-bond donors (Lipinski definition) is 2. The molecule has 0 amide bonds. The molecule has 96 valence electrons. The molecule has 0 fully saturated rings. The van der Waals surface area contributed by atoms with Crippen LogP contribution >= 0.6 is 11.6 Å². The largest absolute Gasteiger partial charge is 0.276 e. The van der Waals surface area contributed by atoms with Crippen LogP contribution in [0.4, 0.5) is 0 Å². The Bertz CT molecular complexity index is 363. The first-order valence-electron chi connectivity index (χ1n) is 5.41. The summed E-state index contributed by atoms with van der Waals surface area (Å²) in [5.41, 5.74) is 5.37. The van der Waals surface area contributed by atoms with Crippen molar-refractivity contribution < 1.29 is 4.79 Å². The average molecular weight is 257 g/mol. The molecule has 1 aromatic rings. The Labute approximate surface area is 108 Å². The van der Waals surface area contributed by atoms with Gasteiger partial charge in [0.25, 0.3) is 5.24 Å². The number of nitrogens with two attached hydrogens (primary N) is 1. The average Bonchev–Trinajstić information content (AvgIpc) is 2.16. The Morgan fingerprint density at radius 3 is 1.76 bits per heavy atom. The topological polar surface area (TPSA) is 55.1 Å². The van der Waals surface area contributed by atoms with Gasteiger partial charge in [-0.15, -0.1) is 0 Å². The maximum Gasteiger partial charge on any atom is 0.252 e. The first-order chi connectivity index (χ1) is 7.65. The number of benzene rings is 1. The van der Waals surface area contributed by atoms with Crippen molar-refractivity contribution in [1.82, 2.24) is 5.43 Å². The van der Waals surface area contributed by atoms with Crippen LogP contribution in [0, 0.1) is 13.8 Å². The van der Waals surface area contributed by atoms with E-state index in [1.807, 2.05) is 40.7 Å². The molecule has 0 aromatic heterocycles. The van der Waals surface area contributed by atoms with Crippen LogP contribution in [0.3, 0.4) is 0 Å². The fourth-order valence-electron chi connectivity index (χ4n) is 1.09. The molecule has 0 unspecified atom stereocenters. The number of carbonyl (C=O) groups is 1. The van der Waals surface area contributed by atoms with Gasteiger partial charge in [-0.3, -0.25) is 16.1 Å². The maximum atomic E-state index is 10.7. The Hall–Kier alpha value is -0.900. The molecule has 0 radical (unpaired) electrons. The van der Waals surface area contributed by atoms with Crippen molar-refractivity contribution in [2.75, 3.05) is 0 Å². The molecule has 0 saturated heterocycles. The van der Waals surface area contributed by atoms with Gasteiger partial charge in [0.1, 0.15) is 0 Å². The lowest BCUT2D eigenvalue weighted by Crippen LogP contribution is -2.41. The van der Waals surface area contributed by atoms with Crippen LogP contribution in [-0.4, -0.2) is 10.8 Å². The van der Waals surface area contributed by atoms with E-state index in [-0.39, 0.29) is 5.54 Å². The second-order valence-corrected chi connectivity index (χ2v) is 5.39. The van der Waals surface area contributed by atoms with Gasteiger partial charge in [0, 0.05) is 11.1 Å². The number of nitrogens with one attached hydrogen (secondary N) is 1. The highest BCUT2D eigenvalue weighted by Crippen LogP contribution is 2.10. The Balaban J connectivity index is 0.000000366. The summed E-state index contributed by atoms with van der Waals surface area (Å²) in [6, 6.07) is 5.56. The van der Waals surface area contributed by atoms with Gasteiger partial charge >= 0.3 is 0 Å². The summed E-state index contributed by atoms with van der Waals surface area (Å²) in [6.07, 6.45) is 0. The van der Waals surface area contributed by atoms with Crippen LogP contribution in [0.25, 0.3) is 0 Å². The van der Waals surface area contributed by atoms with Crippen molar-refractivity contribution >= 4 is 16.8 Å². The van der Waals surface area contributed by atoms with Crippen LogP contribution in [0.5, 0.6) is 0 Å². The van der Waals surface area contributed by atoms with E-state index in [0.717, 1.165) is 11.1 Å². The molecule has 3 nitrogen and oxygen atoms in total. The van der Waals surface area contributed by atoms with E-state index in [9.17, 15) is 4.79 Å². The lowest BCUT2D eigenvalue weighted by atomic mass is 10.1. The highest BCUT2D eigenvalue weighted by molar-refractivity contribution is 6.67. The van der Waals surface area contributed by atoms with E-state index < -0.39 is 5.24 Å². The predicted molar refractivity (Wildman–Crippen MR) is 73.2 cm³/mol. The molecule has 1 aromatic carbocycles. The number of hydrazine groups is 1. The highest BCUT2D eigenvalue weighted by Gasteiger charge is 2.02. The zero-order valence-electron chi connectivity index (χ0n) is 11.1. The molecule has 17 heavy (non-hydrogen) atoms. The van der Waals surface area contributed by atoms with E-state index in [1.165, 1.54) is 0 Å². The van der Waals surface area contributed by atoms with Gasteiger partial charge in [-0.1, -0.05) is 17.2 Å². The third kappa shape index (κ3) is 7.91. The molecule has 0 bridgehead atoms. The maximum absolute atomic E-state index is 10.7. The zero-order valence-corrected chi connectivity index (χ0v) is 11.9. The van der Waals surface area contributed by atoms with Gasteiger partial charge in [-0.2, -0.15) is 0 Å². The fraction of sp³-hybridized carbons (Fsp3) is 0.462. The van der Waals surface area contributed by atoms with Crippen molar-refractivity contribution in [2.24, 2.45) is 5.84 Å². The Kier molecular flexibility index (Phi) is 6.39. The number of carbonyl (C=O) groups excluding carboxylic acids is 1. The summed E-state index contributed by atoms with van der Waals surface area (Å²) in [7, 11) is 0. The lowest BCUT2D eigenvalue weighted by Gasteiger charge is -2.14. The normalized spacial score (nSPS) is 10.5. The molecule has 0 spiro atoms. The third-order valence-electron chi connectivity index (χ3n) is 1.88. The summed E-state index contributed by atoms with van der Waals surface area (Å²) in [4.78, 5) is 10.7. The van der Waals surface area contributed by atoms with Gasteiger partial charge in [-0.25, -0.2) is 0 Å². The molecular weight excluding hydrogens is 236 g/mol. The highest BCUT2D eigenvalue weighted by atomic mass is 35.5. The first-order valence-corrected chi connectivity index (χ1v) is 5.79. The van der Waals surface area contributed by atoms with Crippen LogP contribution < -0.4 is 11.3 Å². The van der Waals surface area contributed by atoms with Gasteiger partial charge in [0.2, 0.25) is 0 Å². The van der Waals surface area contributed by atoms with Crippen LogP contribution in [0.1, 0.15) is 42.3 Å². The summed E-state index contributed by atoms with van der Waals surface area (Å²) in [5, 5.41) is -0.392. The molecule has 0 saturated carbocycles. The second-order valence-electron chi connectivity index (χ2n) is 5.04. The number of rotatable bonds is 1. The molecule has 3 N–H and O–H groups in total. The molecule has 4 heteroatoms. The van der Waals surface area contributed by atoms with E-state index in [1.54, 1.807) is 12.1 Å². The number of halogens is 1. The predicted octanol–water partition coefficient (Wildman–Crippen LogP) is 2.93. The van der Waals surface area contributed by atoms with Crippen molar-refractivity contribution in [1.29, 1.82) is 0 Å². The standard InChI is InChI=1S/C9H9ClO.C4H12N2/c1-6-3-7(2)5-8(4-6)9(10)11;1-4(2,3)6-5/h3-5H,1-2H3;6H,5H2,1-3H3. The number of aryl methyl sites for hydroxylation is 2. The summed E-state index contributed by atoms with van der Waals surface area (Å²) in [6.45, 7) is 9.90. The summed E-state index contributed by atoms with van der Waals surface area (Å²) >= 11 is 5.31. The van der Waals surface area contributed by atoms with Crippen LogP contribution in [0.15, 0.2) is 18.2 Å². The van der Waals surface area contributed by atoms with Crippen molar-refractivity contribution in [2.45, 2.75) is 40.2 Å². The second kappa shape index (κ2) is 6.74. The molecule has 0 heterocycles. The minimum atomic E-state index is -0.392. The van der Waals surface area contributed by atoms with Crippen LogP contribution in [0.2, 0.25) is 0 Å². The smallest absolute Gasteiger partial charge is 0.252 e. The molecule has 1 rings (SSSR count). The Morgan fingerprint density at radius 1 is 1.18 bits per heavy atom. The zero-order chi connectivity index (χ0) is 13.6. The van der Waals surface area contributed by atoms with E-state index in [2.05, 4.69) is 5.43 Å². The molecule has 0 aliphatic carbocycles. The monoisotopic (exact) mass is 256 g/mol. The van der Waals surface area contributed by atoms with E-state index >= 15 is 0 Å². The molecule has 0 aliphatic heterocycles. The number of hydrogen-bond acceptors (Lipinski definition) is 3. The van der Waals surface area contributed by atoms with Gasteiger partial charge in [-0.05, 0) is 58.4 Å². The van der Waals surface area contributed by atoms with Gasteiger partial charge < -0.3 is 0 Å². The molecule has 0 atom stereocenters. The molecular formula is C13H21ClN2O. The van der Waals surface area contributed by atoms with Crippen molar-refractivity contribution in [3.8, 4) is 0 Å². The van der Waals surface area contributed by atoms with Gasteiger partial charge in [0.15, 0.2) is 0 Å². The molecule has 0 aliphatic rings. The van der Waals surface area contributed by atoms with E-state index in [4.69, 9.17) is 17.4 Å². The minimum Gasteiger partial charge on any atom is -0.276 e. The third-order valence-corrected chi connectivity index (χ3v) is 2.10. The first kappa shape index (κ1) is 16.1. The fourth-order valence-corrected chi connectivity index (χ4v) is 1.20. The quantitative estimate of drug-likeness (QED) is 0.462. The summed E-state index contributed by atoms with van der Waals surface area (Å²) in [5.74, 6) is 5.06. The summed E-state index contributed by atoms with van der Waals surface area (Å²) < 4.78 is 0. The van der Waals surface area contributed by atoms with E-state index in [0.29, 0.717) is 5.56 Å². The van der Waals surface area contributed by atoms with Crippen molar-refractivity contribution in [3.05, 3.63) is 34.9 Å². The minimum absolute atomic E-state index is 0.0694.